The second-order valence-corrected chi connectivity index (χ2v) is 5.03. The molecular formula is C14H17N3O2. The van der Waals surface area contributed by atoms with Crippen molar-refractivity contribution in [1.29, 1.82) is 0 Å². The van der Waals surface area contributed by atoms with Gasteiger partial charge in [-0.1, -0.05) is 6.07 Å². The fourth-order valence-electron chi connectivity index (χ4n) is 2.70. The number of anilines is 1. The van der Waals surface area contributed by atoms with Crippen molar-refractivity contribution in [3.8, 4) is 0 Å². The van der Waals surface area contributed by atoms with Crippen LogP contribution in [0.15, 0.2) is 24.4 Å². The molecule has 5 nitrogen and oxygen atoms in total. The van der Waals surface area contributed by atoms with Gasteiger partial charge in [0.25, 0.3) is 0 Å². The number of ether oxygens (including phenoxy) is 1. The first-order valence-corrected chi connectivity index (χ1v) is 6.51. The van der Waals surface area contributed by atoms with Crippen LogP contribution in [0.1, 0.15) is 24.3 Å². The number of carbonyl (C=O) groups is 1. The maximum atomic E-state index is 11.4. The van der Waals surface area contributed by atoms with Crippen molar-refractivity contribution >= 4 is 17.8 Å². The number of nitrogens with zero attached hydrogens (tertiary/aromatic N) is 3. The highest BCUT2D eigenvalue weighted by Crippen LogP contribution is 2.23. The predicted molar refractivity (Wildman–Crippen MR) is 72.8 cm³/mol. The van der Waals surface area contributed by atoms with E-state index in [1.807, 2.05) is 42.6 Å². The lowest BCUT2D eigenvalue weighted by molar-refractivity contribution is -0.00547. The predicted octanol–water partition coefficient (Wildman–Crippen LogP) is 1.76. The molecule has 2 atom stereocenters. The lowest BCUT2D eigenvalue weighted by Crippen LogP contribution is -2.46. The Kier molecular flexibility index (Phi) is 2.98. The van der Waals surface area contributed by atoms with Gasteiger partial charge in [-0.05, 0) is 26.0 Å². The van der Waals surface area contributed by atoms with Crippen LogP contribution >= 0.6 is 0 Å². The van der Waals surface area contributed by atoms with E-state index in [0.29, 0.717) is 5.69 Å². The number of rotatable bonds is 2. The molecule has 19 heavy (non-hydrogen) atoms. The number of aldehydes is 1. The molecule has 0 saturated carbocycles. The third kappa shape index (κ3) is 2.10. The first-order valence-electron chi connectivity index (χ1n) is 6.51. The fourth-order valence-corrected chi connectivity index (χ4v) is 2.70. The van der Waals surface area contributed by atoms with Gasteiger partial charge in [0, 0.05) is 19.3 Å². The Morgan fingerprint density at radius 3 is 2.74 bits per heavy atom. The van der Waals surface area contributed by atoms with Gasteiger partial charge < -0.3 is 9.64 Å². The number of pyridine rings is 1. The quantitative estimate of drug-likeness (QED) is 0.771. The second-order valence-electron chi connectivity index (χ2n) is 5.03. The molecule has 1 saturated heterocycles. The summed E-state index contributed by atoms with van der Waals surface area (Å²) in [6.45, 7) is 5.60. The third-order valence-corrected chi connectivity index (χ3v) is 3.38. The Morgan fingerprint density at radius 2 is 2.05 bits per heavy atom. The number of hydrogen-bond acceptors (Lipinski definition) is 4. The standard InChI is InChI=1S/C14H17N3O2/c1-10-7-16(8-11(2)19-10)14-12(9-18)17-6-4-3-5-13(17)15-14/h3-6,9-11H,7-8H2,1-2H3/t10-,11+. The fraction of sp³-hybridized carbons (Fsp3) is 0.429. The summed E-state index contributed by atoms with van der Waals surface area (Å²) >= 11 is 0. The van der Waals surface area contributed by atoms with Crippen molar-refractivity contribution in [3.63, 3.8) is 0 Å². The molecular weight excluding hydrogens is 242 g/mol. The van der Waals surface area contributed by atoms with Crippen LogP contribution < -0.4 is 4.90 Å². The summed E-state index contributed by atoms with van der Waals surface area (Å²) in [6.07, 6.45) is 3.03. The number of hydrogen-bond donors (Lipinski definition) is 0. The van der Waals surface area contributed by atoms with Gasteiger partial charge in [0.1, 0.15) is 11.3 Å². The van der Waals surface area contributed by atoms with E-state index < -0.39 is 0 Å². The monoisotopic (exact) mass is 259 g/mol. The SMILES string of the molecule is C[C@@H]1CN(c2nc3ccccn3c2C=O)C[C@H](C)O1. The molecule has 0 amide bonds. The van der Waals surface area contributed by atoms with Crippen LogP contribution in [-0.2, 0) is 4.74 Å². The van der Waals surface area contributed by atoms with Crippen molar-refractivity contribution in [1.82, 2.24) is 9.38 Å². The Hall–Kier alpha value is -1.88. The summed E-state index contributed by atoms with van der Waals surface area (Å²) in [4.78, 5) is 18.1. The molecule has 0 unspecified atom stereocenters. The molecule has 0 N–H and O–H groups in total. The van der Waals surface area contributed by atoms with Gasteiger partial charge in [-0.25, -0.2) is 4.98 Å². The van der Waals surface area contributed by atoms with E-state index in [0.717, 1.165) is 30.8 Å². The van der Waals surface area contributed by atoms with E-state index in [1.54, 1.807) is 0 Å². The van der Waals surface area contributed by atoms with Crippen LogP contribution in [0.25, 0.3) is 5.65 Å². The lowest BCUT2D eigenvalue weighted by Gasteiger charge is -2.35. The van der Waals surface area contributed by atoms with E-state index in [-0.39, 0.29) is 12.2 Å². The van der Waals surface area contributed by atoms with E-state index >= 15 is 0 Å². The number of fused-ring (bicyclic) bond motifs is 1. The van der Waals surface area contributed by atoms with Gasteiger partial charge in [-0.3, -0.25) is 9.20 Å². The number of morpholine rings is 1. The largest absolute Gasteiger partial charge is 0.372 e. The van der Waals surface area contributed by atoms with Gasteiger partial charge in [0.15, 0.2) is 12.1 Å². The van der Waals surface area contributed by atoms with Gasteiger partial charge in [0.05, 0.1) is 12.2 Å². The number of aromatic nitrogens is 2. The Bertz CT molecular complexity index is 598. The summed E-state index contributed by atoms with van der Waals surface area (Å²) in [6, 6.07) is 5.73. The van der Waals surface area contributed by atoms with E-state index in [2.05, 4.69) is 9.88 Å². The molecule has 0 bridgehead atoms. The summed E-state index contributed by atoms with van der Waals surface area (Å²) < 4.78 is 7.55. The average molecular weight is 259 g/mol. The van der Waals surface area contributed by atoms with Crippen molar-refractivity contribution in [2.24, 2.45) is 0 Å². The highest BCUT2D eigenvalue weighted by Gasteiger charge is 2.26. The number of imidazole rings is 1. The minimum absolute atomic E-state index is 0.146. The first kappa shape index (κ1) is 12.2. The zero-order valence-electron chi connectivity index (χ0n) is 11.1. The molecule has 0 aliphatic carbocycles. The van der Waals surface area contributed by atoms with Crippen LogP contribution in [0.2, 0.25) is 0 Å². The van der Waals surface area contributed by atoms with Crippen molar-refractivity contribution in [2.75, 3.05) is 18.0 Å². The molecule has 3 heterocycles. The molecule has 1 fully saturated rings. The topological polar surface area (TPSA) is 46.8 Å². The molecule has 2 aromatic rings. The highest BCUT2D eigenvalue weighted by atomic mass is 16.5. The number of carbonyl (C=O) groups excluding carboxylic acids is 1. The summed E-state index contributed by atoms with van der Waals surface area (Å²) in [5, 5.41) is 0. The van der Waals surface area contributed by atoms with Gasteiger partial charge in [-0.2, -0.15) is 0 Å². The Morgan fingerprint density at radius 1 is 1.32 bits per heavy atom. The minimum Gasteiger partial charge on any atom is -0.372 e. The third-order valence-electron chi connectivity index (χ3n) is 3.38. The maximum absolute atomic E-state index is 11.4. The van der Waals surface area contributed by atoms with Crippen LogP contribution in [0.4, 0.5) is 5.82 Å². The Labute approximate surface area is 111 Å². The summed E-state index contributed by atoms with van der Waals surface area (Å²) in [5.41, 5.74) is 1.41. The molecule has 0 radical (unpaired) electrons. The normalized spacial score (nSPS) is 23.8. The molecule has 2 aromatic heterocycles. The second kappa shape index (κ2) is 4.66. The Balaban J connectivity index is 2.06. The summed E-state index contributed by atoms with van der Waals surface area (Å²) in [7, 11) is 0. The minimum atomic E-state index is 0.146. The zero-order valence-corrected chi connectivity index (χ0v) is 11.1. The van der Waals surface area contributed by atoms with Gasteiger partial charge >= 0.3 is 0 Å². The van der Waals surface area contributed by atoms with Crippen molar-refractivity contribution in [2.45, 2.75) is 26.1 Å². The van der Waals surface area contributed by atoms with Crippen LogP contribution in [0.5, 0.6) is 0 Å². The molecule has 0 aromatic carbocycles. The summed E-state index contributed by atoms with van der Waals surface area (Å²) in [5.74, 6) is 0.753. The molecule has 0 spiro atoms. The molecule has 5 heteroatoms. The first-order chi connectivity index (χ1) is 9.19. The van der Waals surface area contributed by atoms with E-state index in [9.17, 15) is 4.79 Å². The van der Waals surface area contributed by atoms with Crippen molar-refractivity contribution in [3.05, 3.63) is 30.1 Å². The molecule has 1 aliphatic heterocycles. The van der Waals surface area contributed by atoms with Crippen molar-refractivity contribution < 1.29 is 9.53 Å². The van der Waals surface area contributed by atoms with Crippen LogP contribution in [-0.4, -0.2) is 41.0 Å². The maximum Gasteiger partial charge on any atom is 0.170 e. The van der Waals surface area contributed by atoms with E-state index in [1.165, 1.54) is 0 Å². The van der Waals surface area contributed by atoms with Crippen LogP contribution in [0, 0.1) is 0 Å². The zero-order chi connectivity index (χ0) is 13.4. The lowest BCUT2D eigenvalue weighted by atomic mass is 10.2. The van der Waals surface area contributed by atoms with E-state index in [4.69, 9.17) is 4.74 Å². The molecule has 3 rings (SSSR count). The van der Waals surface area contributed by atoms with Gasteiger partial charge in [-0.15, -0.1) is 0 Å². The molecule has 100 valence electrons. The average Bonchev–Trinajstić information content (AvgIpc) is 2.76. The smallest absolute Gasteiger partial charge is 0.170 e. The van der Waals surface area contributed by atoms with Crippen LogP contribution in [0.3, 0.4) is 0 Å². The van der Waals surface area contributed by atoms with Gasteiger partial charge in [0.2, 0.25) is 0 Å². The highest BCUT2D eigenvalue weighted by molar-refractivity contribution is 5.83. The molecule has 1 aliphatic rings.